The van der Waals surface area contributed by atoms with Crippen molar-refractivity contribution < 1.29 is 33.8 Å². The van der Waals surface area contributed by atoms with Gasteiger partial charge in [0.25, 0.3) is 17.6 Å². The number of thioether (sulfide) groups is 2. The number of carbonyl (C=O) groups excluding carboxylic acids is 4. The molecule has 0 aliphatic carbocycles. The maximum Gasteiger partial charge on any atom is 0.413 e. The zero-order valence-corrected chi connectivity index (χ0v) is 23.5. The third-order valence-corrected chi connectivity index (χ3v) is 9.66. The summed E-state index contributed by atoms with van der Waals surface area (Å²) >= 11 is 4.88. The highest BCUT2D eigenvalue weighted by molar-refractivity contribution is 8.01. The molecular weight excluding hydrogens is 577 g/mol. The molecule has 17 heteroatoms. The van der Waals surface area contributed by atoms with Crippen molar-refractivity contribution in [3.63, 3.8) is 0 Å². The van der Waals surface area contributed by atoms with Crippen LogP contribution in [0.4, 0.5) is 9.93 Å². The fourth-order valence-corrected chi connectivity index (χ4v) is 7.01. The number of carboxylic acid groups (broad SMARTS) is 1. The number of nitrogens with one attached hydrogen (secondary N) is 2. The Morgan fingerprint density at radius 1 is 1.29 bits per heavy atom. The number of thiazole rings is 1. The predicted octanol–water partition coefficient (Wildman–Crippen LogP) is 2.45. The largest absolute Gasteiger partial charge is 0.477 e. The van der Waals surface area contributed by atoms with Gasteiger partial charge in [-0.1, -0.05) is 30.0 Å². The lowest BCUT2D eigenvalue weighted by Crippen LogP contribution is -2.71. The maximum absolute atomic E-state index is 12.8. The molecule has 13 nitrogen and oxygen atoms in total. The van der Waals surface area contributed by atoms with E-state index >= 15 is 0 Å². The third kappa shape index (κ3) is 6.00. The van der Waals surface area contributed by atoms with Gasteiger partial charge in [0.1, 0.15) is 33.9 Å². The highest BCUT2D eigenvalue weighted by Gasteiger charge is 2.54. The predicted molar refractivity (Wildman–Crippen MR) is 141 cm³/mol. The molecule has 38 heavy (non-hydrogen) atoms. The Kier molecular flexibility index (Phi) is 8.39. The number of rotatable bonds is 10. The number of carbonyl (C=O) groups is 5. The van der Waals surface area contributed by atoms with Crippen molar-refractivity contribution in [2.24, 2.45) is 0 Å². The molecule has 2 aromatic heterocycles. The topological polar surface area (TPSA) is 181 Å². The van der Waals surface area contributed by atoms with E-state index < -0.39 is 46.7 Å². The van der Waals surface area contributed by atoms with E-state index in [1.165, 1.54) is 40.2 Å². The van der Waals surface area contributed by atoms with Gasteiger partial charge in [-0.25, -0.2) is 14.6 Å². The second-order valence-corrected chi connectivity index (χ2v) is 12.6. The molecule has 0 aromatic carbocycles. The zero-order valence-electron chi connectivity index (χ0n) is 20.2. The minimum Gasteiger partial charge on any atom is -0.477 e. The molecule has 1 saturated heterocycles. The molecule has 0 bridgehead atoms. The first-order valence-electron chi connectivity index (χ1n) is 11.1. The molecule has 1 fully saturated rings. The van der Waals surface area contributed by atoms with Crippen molar-refractivity contribution in [1.82, 2.24) is 25.4 Å². The van der Waals surface area contributed by atoms with Crippen LogP contribution >= 0.6 is 46.2 Å². The van der Waals surface area contributed by atoms with Gasteiger partial charge in [-0.3, -0.25) is 24.6 Å². The first kappa shape index (κ1) is 28.0. The molecule has 2 atom stereocenters. The highest BCUT2D eigenvalue weighted by atomic mass is 32.2. The molecule has 4 heterocycles. The fraction of sp³-hybridized carbons (Fsp3) is 0.429. The van der Waals surface area contributed by atoms with Crippen LogP contribution in [0.15, 0.2) is 26.5 Å². The van der Waals surface area contributed by atoms with Crippen LogP contribution in [0.1, 0.15) is 37.7 Å². The van der Waals surface area contributed by atoms with Gasteiger partial charge in [-0.05, 0) is 25.8 Å². The van der Waals surface area contributed by atoms with Gasteiger partial charge < -0.3 is 15.2 Å². The number of anilines is 1. The number of hydrogen-bond acceptors (Lipinski definition) is 13. The van der Waals surface area contributed by atoms with E-state index in [0.29, 0.717) is 27.8 Å². The first-order chi connectivity index (χ1) is 18.0. The number of hydrogen-bond donors (Lipinski definition) is 3. The van der Waals surface area contributed by atoms with Crippen LogP contribution in [0.3, 0.4) is 0 Å². The standard InChI is InChI=1S/C21H22N6O7S4/c1-4-21(2,3)34-19(33)25-18-23-10(7-36-18)13(28)14(29)24-11-15(30)27-12(17(31)32)9(5-35-16(11)27)6-37-20-26-22-8-38-20/h7-8,11,16H,4-6H2,1-3H3,(H,24,29)(H,31,32)(H,23,25,33)/t11?,16-/m1/s1. The molecule has 0 spiro atoms. The van der Waals surface area contributed by atoms with E-state index in [0.717, 1.165) is 16.2 Å². The summed E-state index contributed by atoms with van der Waals surface area (Å²) in [5.41, 5.74) is 1.10. The summed E-state index contributed by atoms with van der Waals surface area (Å²) in [4.78, 5) is 67.2. The van der Waals surface area contributed by atoms with Crippen molar-refractivity contribution in [2.75, 3.05) is 16.8 Å². The van der Waals surface area contributed by atoms with E-state index in [-0.39, 0.29) is 16.5 Å². The van der Waals surface area contributed by atoms with Crippen molar-refractivity contribution in [2.45, 2.75) is 48.5 Å². The summed E-state index contributed by atoms with van der Waals surface area (Å²) < 4.78 is 5.94. The molecule has 202 valence electrons. The molecule has 0 saturated carbocycles. The zero-order chi connectivity index (χ0) is 27.6. The average Bonchev–Trinajstić information content (AvgIpc) is 3.56. The molecule has 3 amide bonds. The Morgan fingerprint density at radius 3 is 2.71 bits per heavy atom. The van der Waals surface area contributed by atoms with Gasteiger partial charge >= 0.3 is 12.1 Å². The summed E-state index contributed by atoms with van der Waals surface area (Å²) in [5.74, 6) is -3.28. The number of amides is 3. The van der Waals surface area contributed by atoms with E-state index in [4.69, 9.17) is 4.74 Å². The molecule has 4 rings (SSSR count). The molecule has 2 aliphatic heterocycles. The van der Waals surface area contributed by atoms with Crippen molar-refractivity contribution in [3.05, 3.63) is 27.9 Å². The first-order valence-corrected chi connectivity index (χ1v) is 14.9. The number of ether oxygens (including phenoxy) is 1. The van der Waals surface area contributed by atoms with E-state index in [1.807, 2.05) is 6.92 Å². The number of aromatic nitrogens is 3. The van der Waals surface area contributed by atoms with E-state index in [1.54, 1.807) is 19.4 Å². The Labute approximate surface area is 232 Å². The lowest BCUT2D eigenvalue weighted by Gasteiger charge is -2.49. The van der Waals surface area contributed by atoms with Crippen molar-refractivity contribution in [3.8, 4) is 0 Å². The van der Waals surface area contributed by atoms with Gasteiger partial charge in [0.05, 0.1) is 0 Å². The van der Waals surface area contributed by atoms with Crippen molar-refractivity contribution >= 4 is 81.0 Å². The lowest BCUT2D eigenvalue weighted by molar-refractivity contribution is -0.150. The number of fused-ring (bicyclic) bond motifs is 1. The number of carboxylic acids is 1. The Balaban J connectivity index is 1.37. The van der Waals surface area contributed by atoms with Crippen LogP contribution in [-0.4, -0.2) is 83.4 Å². The van der Waals surface area contributed by atoms with Crippen LogP contribution in [0.5, 0.6) is 0 Å². The van der Waals surface area contributed by atoms with Crippen LogP contribution in [-0.2, 0) is 19.1 Å². The van der Waals surface area contributed by atoms with Gasteiger partial charge in [0.15, 0.2) is 9.47 Å². The minimum atomic E-state index is -1.25. The van der Waals surface area contributed by atoms with Gasteiger partial charge in [0, 0.05) is 16.9 Å². The summed E-state index contributed by atoms with van der Waals surface area (Å²) in [6, 6.07) is -1.06. The number of nitrogens with zero attached hydrogens (tertiary/aromatic N) is 4. The maximum atomic E-state index is 12.8. The van der Waals surface area contributed by atoms with Gasteiger partial charge in [-0.15, -0.1) is 33.3 Å². The molecule has 2 aromatic rings. The quantitative estimate of drug-likeness (QED) is 0.158. The smallest absolute Gasteiger partial charge is 0.413 e. The van der Waals surface area contributed by atoms with Crippen LogP contribution in [0.2, 0.25) is 0 Å². The number of Topliss-reactive ketones (excluding diaryl/α,β-unsaturated/α-hetero) is 1. The van der Waals surface area contributed by atoms with Crippen LogP contribution in [0.25, 0.3) is 0 Å². The highest BCUT2D eigenvalue weighted by Crippen LogP contribution is 2.41. The lowest BCUT2D eigenvalue weighted by atomic mass is 10.0. The summed E-state index contributed by atoms with van der Waals surface area (Å²) in [7, 11) is 0. The SMILES string of the molecule is CCC(C)(C)OC(=O)Nc1nc(C(=O)C(=O)NC2C(=O)N3C(C(=O)O)=C(CSc4nncs4)CS[C@H]23)cs1. The molecule has 1 unspecified atom stereocenters. The Bertz CT molecular complexity index is 1310. The second kappa shape index (κ2) is 11.4. The summed E-state index contributed by atoms with van der Waals surface area (Å²) in [6.07, 6.45) is -0.153. The number of aliphatic carboxylic acids is 1. The number of ketones is 1. The average molecular weight is 599 g/mol. The third-order valence-electron chi connectivity index (χ3n) is 5.62. The van der Waals surface area contributed by atoms with Gasteiger partial charge in [0.2, 0.25) is 0 Å². The minimum absolute atomic E-state index is 0.0713. The Hall–Kier alpha value is -3.02. The normalized spacial score (nSPS) is 18.9. The molecule has 2 aliphatic rings. The van der Waals surface area contributed by atoms with Gasteiger partial charge in [-0.2, -0.15) is 0 Å². The monoisotopic (exact) mass is 598 g/mol. The molecular formula is C21H22N6O7S4. The second-order valence-electron chi connectivity index (χ2n) is 8.61. The van der Waals surface area contributed by atoms with E-state index in [2.05, 4.69) is 25.8 Å². The number of β-lactam (4-membered cyclic amide) rings is 1. The summed E-state index contributed by atoms with van der Waals surface area (Å²) in [6.45, 7) is 5.36. The summed E-state index contributed by atoms with van der Waals surface area (Å²) in [5, 5.41) is 23.0. The van der Waals surface area contributed by atoms with Crippen LogP contribution < -0.4 is 10.6 Å². The van der Waals surface area contributed by atoms with Crippen LogP contribution in [0, 0.1) is 0 Å². The Morgan fingerprint density at radius 2 is 2.05 bits per heavy atom. The molecule has 3 N–H and O–H groups in total. The molecule has 0 radical (unpaired) electrons. The fourth-order valence-electron chi connectivity index (χ4n) is 3.36. The van der Waals surface area contributed by atoms with E-state index in [9.17, 15) is 29.1 Å². The van der Waals surface area contributed by atoms with Crippen molar-refractivity contribution in [1.29, 1.82) is 0 Å².